The Balaban J connectivity index is 1.90. The summed E-state index contributed by atoms with van der Waals surface area (Å²) in [6.45, 7) is 5.94. The number of benzene rings is 1. The Morgan fingerprint density at radius 2 is 2.30 bits per heavy atom. The van der Waals surface area contributed by atoms with Crippen LogP contribution in [0.3, 0.4) is 0 Å². The summed E-state index contributed by atoms with van der Waals surface area (Å²) in [5, 5.41) is 9.93. The van der Waals surface area contributed by atoms with Crippen LogP contribution in [0.4, 0.5) is 0 Å². The van der Waals surface area contributed by atoms with Gasteiger partial charge in [0.2, 0.25) is 0 Å². The Morgan fingerprint density at radius 1 is 1.50 bits per heavy atom. The van der Waals surface area contributed by atoms with Crippen molar-refractivity contribution in [2.75, 3.05) is 39.5 Å². The number of ether oxygens (including phenoxy) is 2. The SMILES string of the molecule is CCOCC(O)CN1CCOC(c2ccccc2Br)C1. The maximum absolute atomic E-state index is 9.93. The highest BCUT2D eigenvalue weighted by molar-refractivity contribution is 9.10. The van der Waals surface area contributed by atoms with E-state index in [-0.39, 0.29) is 6.10 Å². The Hall–Kier alpha value is -0.460. The first-order chi connectivity index (χ1) is 9.70. The van der Waals surface area contributed by atoms with Gasteiger partial charge in [0.1, 0.15) is 0 Å². The maximum atomic E-state index is 9.93. The molecule has 0 saturated carbocycles. The number of rotatable bonds is 6. The van der Waals surface area contributed by atoms with Crippen LogP contribution in [-0.2, 0) is 9.47 Å². The molecule has 1 N–H and O–H groups in total. The first-order valence-electron chi connectivity index (χ1n) is 7.05. The molecule has 112 valence electrons. The Bertz CT molecular complexity index is 416. The van der Waals surface area contributed by atoms with Crippen LogP contribution < -0.4 is 0 Å². The monoisotopic (exact) mass is 343 g/mol. The number of aliphatic hydroxyl groups excluding tert-OH is 1. The molecule has 1 aromatic rings. The van der Waals surface area contributed by atoms with Gasteiger partial charge in [-0.2, -0.15) is 0 Å². The second-order valence-electron chi connectivity index (χ2n) is 4.95. The van der Waals surface area contributed by atoms with Crippen molar-refractivity contribution in [1.82, 2.24) is 4.90 Å². The predicted octanol–water partition coefficient (Wildman–Crippen LogP) is 2.22. The van der Waals surface area contributed by atoms with Crippen LogP contribution in [-0.4, -0.2) is 55.6 Å². The zero-order chi connectivity index (χ0) is 14.4. The summed E-state index contributed by atoms with van der Waals surface area (Å²) in [5.41, 5.74) is 1.16. The van der Waals surface area contributed by atoms with Crippen LogP contribution in [0, 0.1) is 0 Å². The summed E-state index contributed by atoms with van der Waals surface area (Å²) < 4.78 is 12.2. The van der Waals surface area contributed by atoms with Gasteiger partial charge in [0.05, 0.1) is 25.4 Å². The van der Waals surface area contributed by atoms with E-state index in [1.807, 2.05) is 25.1 Å². The van der Waals surface area contributed by atoms with Gasteiger partial charge in [0, 0.05) is 30.7 Å². The molecule has 1 aliphatic rings. The first kappa shape index (κ1) is 15.9. The molecule has 1 saturated heterocycles. The van der Waals surface area contributed by atoms with Gasteiger partial charge in [-0.3, -0.25) is 4.90 Å². The molecule has 0 bridgehead atoms. The second-order valence-corrected chi connectivity index (χ2v) is 5.81. The number of morpholine rings is 1. The average molecular weight is 344 g/mol. The molecule has 2 unspecified atom stereocenters. The third-order valence-corrected chi connectivity index (χ3v) is 4.11. The third kappa shape index (κ3) is 4.53. The minimum Gasteiger partial charge on any atom is -0.389 e. The topological polar surface area (TPSA) is 41.9 Å². The summed E-state index contributed by atoms with van der Waals surface area (Å²) in [4.78, 5) is 2.23. The van der Waals surface area contributed by atoms with Gasteiger partial charge in [0.15, 0.2) is 0 Å². The lowest BCUT2D eigenvalue weighted by molar-refractivity contribution is -0.0519. The van der Waals surface area contributed by atoms with E-state index in [2.05, 4.69) is 26.9 Å². The van der Waals surface area contributed by atoms with Gasteiger partial charge < -0.3 is 14.6 Å². The summed E-state index contributed by atoms with van der Waals surface area (Å²) in [6.07, 6.45) is -0.383. The van der Waals surface area contributed by atoms with Crippen LogP contribution in [0.1, 0.15) is 18.6 Å². The molecule has 1 heterocycles. The number of β-amino-alcohol motifs (C(OH)–C–C–N with tert-alkyl or cyclic N) is 1. The molecule has 0 amide bonds. The first-order valence-corrected chi connectivity index (χ1v) is 7.84. The van der Waals surface area contributed by atoms with E-state index in [0.717, 1.165) is 23.1 Å². The maximum Gasteiger partial charge on any atom is 0.0963 e. The highest BCUT2D eigenvalue weighted by atomic mass is 79.9. The zero-order valence-corrected chi connectivity index (χ0v) is 13.4. The van der Waals surface area contributed by atoms with Crippen LogP contribution in [0.25, 0.3) is 0 Å². The number of hydrogen-bond donors (Lipinski definition) is 1. The number of nitrogens with zero attached hydrogens (tertiary/aromatic N) is 1. The molecule has 0 radical (unpaired) electrons. The van der Waals surface area contributed by atoms with Gasteiger partial charge in [-0.1, -0.05) is 34.1 Å². The average Bonchev–Trinajstić information content (AvgIpc) is 2.46. The minimum atomic E-state index is -0.437. The Kier molecular flexibility index (Phi) is 6.45. The van der Waals surface area contributed by atoms with Crippen LogP contribution >= 0.6 is 15.9 Å². The van der Waals surface area contributed by atoms with E-state index in [0.29, 0.717) is 26.4 Å². The quantitative estimate of drug-likeness (QED) is 0.859. The fourth-order valence-electron chi connectivity index (χ4n) is 2.40. The van der Waals surface area contributed by atoms with E-state index in [1.165, 1.54) is 0 Å². The highest BCUT2D eigenvalue weighted by Gasteiger charge is 2.24. The normalized spacial score (nSPS) is 21.9. The molecule has 0 spiro atoms. The van der Waals surface area contributed by atoms with Gasteiger partial charge >= 0.3 is 0 Å². The largest absolute Gasteiger partial charge is 0.389 e. The molecule has 4 nitrogen and oxygen atoms in total. The van der Waals surface area contributed by atoms with E-state index >= 15 is 0 Å². The predicted molar refractivity (Wildman–Crippen MR) is 81.8 cm³/mol. The summed E-state index contributed by atoms with van der Waals surface area (Å²) >= 11 is 3.57. The second kappa shape index (κ2) is 8.10. The van der Waals surface area contributed by atoms with Crippen LogP contribution in [0.5, 0.6) is 0 Å². The molecule has 0 aliphatic carbocycles. The zero-order valence-electron chi connectivity index (χ0n) is 11.8. The molecule has 1 fully saturated rings. The van der Waals surface area contributed by atoms with Crippen molar-refractivity contribution < 1.29 is 14.6 Å². The fraction of sp³-hybridized carbons (Fsp3) is 0.600. The highest BCUT2D eigenvalue weighted by Crippen LogP contribution is 2.28. The fourth-order valence-corrected chi connectivity index (χ4v) is 2.94. The lowest BCUT2D eigenvalue weighted by Gasteiger charge is -2.34. The van der Waals surface area contributed by atoms with Crippen LogP contribution in [0.15, 0.2) is 28.7 Å². The summed E-state index contributed by atoms with van der Waals surface area (Å²) in [7, 11) is 0. The van der Waals surface area contributed by atoms with Crippen molar-refractivity contribution in [1.29, 1.82) is 0 Å². The molecule has 20 heavy (non-hydrogen) atoms. The molecule has 1 aliphatic heterocycles. The van der Waals surface area contributed by atoms with E-state index in [4.69, 9.17) is 9.47 Å². The van der Waals surface area contributed by atoms with Crippen molar-refractivity contribution in [2.24, 2.45) is 0 Å². The minimum absolute atomic E-state index is 0.0543. The van der Waals surface area contributed by atoms with Gasteiger partial charge in [-0.25, -0.2) is 0 Å². The van der Waals surface area contributed by atoms with E-state index in [9.17, 15) is 5.11 Å². The number of aliphatic hydroxyl groups is 1. The lowest BCUT2D eigenvalue weighted by atomic mass is 10.1. The molecular weight excluding hydrogens is 322 g/mol. The van der Waals surface area contributed by atoms with Crippen LogP contribution in [0.2, 0.25) is 0 Å². The number of hydrogen-bond acceptors (Lipinski definition) is 4. The molecule has 5 heteroatoms. The van der Waals surface area contributed by atoms with Gasteiger partial charge in [0.25, 0.3) is 0 Å². The van der Waals surface area contributed by atoms with Gasteiger partial charge in [-0.15, -0.1) is 0 Å². The molecule has 2 atom stereocenters. The van der Waals surface area contributed by atoms with Crippen molar-refractivity contribution in [3.63, 3.8) is 0 Å². The van der Waals surface area contributed by atoms with Crippen molar-refractivity contribution in [2.45, 2.75) is 19.1 Å². The van der Waals surface area contributed by atoms with Gasteiger partial charge in [-0.05, 0) is 18.6 Å². The molecule has 0 aromatic heterocycles. The Morgan fingerprint density at radius 3 is 3.05 bits per heavy atom. The van der Waals surface area contributed by atoms with E-state index < -0.39 is 6.10 Å². The van der Waals surface area contributed by atoms with Crippen molar-refractivity contribution in [3.8, 4) is 0 Å². The summed E-state index contributed by atoms with van der Waals surface area (Å²) in [5.74, 6) is 0. The smallest absolute Gasteiger partial charge is 0.0963 e. The Labute approximate surface area is 128 Å². The molecular formula is C15H22BrNO3. The van der Waals surface area contributed by atoms with Crippen molar-refractivity contribution >= 4 is 15.9 Å². The third-order valence-electron chi connectivity index (χ3n) is 3.39. The van der Waals surface area contributed by atoms with Crippen molar-refractivity contribution in [3.05, 3.63) is 34.3 Å². The summed E-state index contributed by atoms with van der Waals surface area (Å²) in [6, 6.07) is 8.13. The molecule has 1 aromatic carbocycles. The standard InChI is InChI=1S/C15H22BrNO3/c1-2-19-11-12(18)9-17-7-8-20-15(10-17)13-5-3-4-6-14(13)16/h3-6,12,15,18H,2,7-11H2,1H3. The number of halogens is 1. The van der Waals surface area contributed by atoms with E-state index in [1.54, 1.807) is 0 Å². The molecule has 2 rings (SSSR count). The lowest BCUT2D eigenvalue weighted by Crippen LogP contribution is -2.43.